The molecule has 0 bridgehead atoms. The minimum Gasteiger partial charge on any atom is -0.202 e. The number of nitrogens with zero attached hydrogens (tertiary/aromatic N) is 6. The molecule has 0 aliphatic heterocycles. The molecule has 0 spiro atoms. The average Bonchev–Trinajstić information content (AvgIpc) is 2.33. The third-order valence-corrected chi connectivity index (χ3v) is 0. The summed E-state index contributed by atoms with van der Waals surface area (Å²) in [6.07, 6.45) is 0. The molecule has 0 atom stereocenters. The van der Waals surface area contributed by atoms with Gasteiger partial charge in [0, 0.05) is 93.0 Å². The van der Waals surface area contributed by atoms with Crippen LogP contribution in [0.25, 0.3) is 0 Å². The number of hydrogen-bond acceptors (Lipinski definition) is 6. The summed E-state index contributed by atoms with van der Waals surface area (Å²) in [6.45, 7) is 21.0. The maximum absolute atomic E-state index is 6.50. The van der Waals surface area contributed by atoms with Crippen molar-refractivity contribution in [1.82, 2.24) is 0 Å². The van der Waals surface area contributed by atoms with E-state index in [9.17, 15) is 0 Å². The molecule has 0 heterocycles. The predicted octanol–water partition coefficient (Wildman–Crippen LogP) is 0.831. The summed E-state index contributed by atoms with van der Waals surface area (Å²) in [4.78, 5) is 0. The van der Waals surface area contributed by atoms with E-state index in [1.807, 2.05) is 0 Å². The molecule has 0 unspecified atom stereocenters. The first kappa shape index (κ1) is 102. The van der Waals surface area contributed by atoms with Crippen molar-refractivity contribution in [3.63, 3.8) is 0 Å². The molecule has 0 aromatic rings. The van der Waals surface area contributed by atoms with E-state index in [1.54, 1.807) is 0 Å². The zero-order valence-electron chi connectivity index (χ0n) is 7.59. The van der Waals surface area contributed by atoms with Gasteiger partial charge in [-0.15, -0.1) is 0 Å². The van der Waals surface area contributed by atoms with E-state index in [-0.39, 0.29) is 53.6 Å². The SMILES string of the molecule is C#N.C#N.C#N.C#N.C#N.C#N.[Fe].[Mn].[Zn]. The molecule has 0 amide bonds. The number of rotatable bonds is 0. The minimum absolute atomic E-state index is 0. The van der Waals surface area contributed by atoms with E-state index >= 15 is 0 Å². The van der Waals surface area contributed by atoms with Gasteiger partial charge in [0.1, 0.15) is 0 Å². The van der Waals surface area contributed by atoms with Gasteiger partial charge in [-0.25, -0.2) is 31.6 Å². The van der Waals surface area contributed by atoms with Crippen LogP contribution >= 0.6 is 0 Å². The monoisotopic (exact) mass is 337 g/mol. The summed E-state index contributed by atoms with van der Waals surface area (Å²) in [5.41, 5.74) is 0. The topological polar surface area (TPSA) is 143 Å². The van der Waals surface area contributed by atoms with Crippen molar-refractivity contribution in [2.24, 2.45) is 0 Å². The van der Waals surface area contributed by atoms with Crippen LogP contribution in [0.4, 0.5) is 0 Å². The van der Waals surface area contributed by atoms with E-state index in [0.717, 1.165) is 0 Å². The molecule has 9 heteroatoms. The Hall–Kier alpha value is -1.40. The smallest absolute Gasteiger partial charge is 0.0462 e. The first-order valence-electron chi connectivity index (χ1n) is 1.55. The van der Waals surface area contributed by atoms with Gasteiger partial charge < -0.3 is 0 Å². The average molecular weight is 338 g/mol. The van der Waals surface area contributed by atoms with Crippen LogP contribution < -0.4 is 0 Å². The summed E-state index contributed by atoms with van der Waals surface area (Å²) in [5, 5.41) is 39.0. The maximum Gasteiger partial charge on any atom is 0.0462 e. The quantitative estimate of drug-likeness (QED) is 0.598. The fraction of sp³-hybridized carbons (Fsp3) is 0. The Morgan fingerprint density at radius 1 is 0.400 bits per heavy atom. The molecule has 1 radical (unpaired) electrons. The van der Waals surface area contributed by atoms with Crippen LogP contribution in [-0.4, -0.2) is 0 Å². The van der Waals surface area contributed by atoms with Crippen molar-refractivity contribution in [3.8, 4) is 39.4 Å². The van der Waals surface area contributed by atoms with Crippen LogP contribution in [0.3, 0.4) is 0 Å². The van der Waals surface area contributed by atoms with Gasteiger partial charge in [0.15, 0.2) is 0 Å². The van der Waals surface area contributed by atoms with Crippen LogP contribution in [0, 0.1) is 71.0 Å². The van der Waals surface area contributed by atoms with Crippen molar-refractivity contribution >= 4 is 0 Å². The van der Waals surface area contributed by atoms with E-state index in [1.165, 1.54) is 0 Å². The molecule has 0 aliphatic rings. The van der Waals surface area contributed by atoms with Crippen LogP contribution in [0.2, 0.25) is 0 Å². The zero-order valence-corrected chi connectivity index (χ0v) is 12.8. The molecule has 77 valence electrons. The molecule has 0 aromatic heterocycles. The van der Waals surface area contributed by atoms with Crippen LogP contribution in [0.1, 0.15) is 0 Å². The fourth-order valence-corrected chi connectivity index (χ4v) is 0. The van der Waals surface area contributed by atoms with Gasteiger partial charge in [-0.1, -0.05) is 0 Å². The van der Waals surface area contributed by atoms with Crippen molar-refractivity contribution in [2.75, 3.05) is 0 Å². The molecule has 0 fully saturated rings. The number of nitriles is 6. The summed E-state index contributed by atoms with van der Waals surface area (Å²) in [6, 6.07) is 0. The van der Waals surface area contributed by atoms with Gasteiger partial charge in [0.05, 0.1) is 0 Å². The number of hydrogen-bond donors (Lipinski definition) is 0. The second kappa shape index (κ2) is 868. The van der Waals surface area contributed by atoms with Crippen LogP contribution in [-0.2, 0) is 53.6 Å². The normalized spacial score (nSPS) is 0.800. The summed E-state index contributed by atoms with van der Waals surface area (Å²) >= 11 is 0. The molecule has 0 rings (SSSR count). The molecule has 15 heavy (non-hydrogen) atoms. The van der Waals surface area contributed by atoms with Gasteiger partial charge in [0.25, 0.3) is 0 Å². The Labute approximate surface area is 124 Å². The Morgan fingerprint density at radius 2 is 0.400 bits per heavy atom. The molecule has 0 saturated carbocycles. The maximum atomic E-state index is 6.50. The van der Waals surface area contributed by atoms with Gasteiger partial charge in [0.2, 0.25) is 0 Å². The standard InChI is InChI=1S/6CHN.Fe.Mn.Zn/c6*1-2;;;/h6*1H;;;. The van der Waals surface area contributed by atoms with Gasteiger partial charge in [-0.3, -0.25) is 0 Å². The summed E-state index contributed by atoms with van der Waals surface area (Å²) in [7, 11) is 0. The van der Waals surface area contributed by atoms with Gasteiger partial charge in [-0.2, -0.15) is 0 Å². The van der Waals surface area contributed by atoms with Crippen LogP contribution in [0.5, 0.6) is 0 Å². The molecular weight excluding hydrogens is 332 g/mol. The predicted molar refractivity (Wildman–Crippen MR) is 40.0 cm³/mol. The zero-order chi connectivity index (χ0) is 12.0. The summed E-state index contributed by atoms with van der Waals surface area (Å²) in [5.74, 6) is 0. The molecule has 0 N–H and O–H groups in total. The Balaban J connectivity index is -0.00000000396. The van der Waals surface area contributed by atoms with E-state index in [0.29, 0.717) is 0 Å². The van der Waals surface area contributed by atoms with Gasteiger partial charge >= 0.3 is 0 Å². The molecule has 0 saturated heterocycles. The molecule has 6 nitrogen and oxygen atoms in total. The van der Waals surface area contributed by atoms with Crippen molar-refractivity contribution in [3.05, 3.63) is 0 Å². The largest absolute Gasteiger partial charge is 0.202 e. The molecule has 0 aromatic carbocycles. The molecular formula is C6H6FeMnN6Zn. The van der Waals surface area contributed by atoms with Crippen molar-refractivity contribution in [1.29, 1.82) is 31.6 Å². The van der Waals surface area contributed by atoms with Crippen molar-refractivity contribution in [2.45, 2.75) is 0 Å². The van der Waals surface area contributed by atoms with E-state index in [2.05, 4.69) is 39.4 Å². The Morgan fingerprint density at radius 3 is 0.400 bits per heavy atom. The molecule has 0 aliphatic carbocycles. The Bertz CT molecular complexity index is 103. The van der Waals surface area contributed by atoms with Gasteiger partial charge in [-0.05, 0) is 0 Å². The Kier molecular flexibility index (Phi) is 5900. The minimum atomic E-state index is 0. The third-order valence-electron chi connectivity index (χ3n) is 0. The second-order valence-electron chi connectivity index (χ2n) is 0. The van der Waals surface area contributed by atoms with E-state index in [4.69, 9.17) is 31.6 Å². The van der Waals surface area contributed by atoms with Crippen molar-refractivity contribution < 1.29 is 53.6 Å². The summed E-state index contributed by atoms with van der Waals surface area (Å²) < 4.78 is 0. The second-order valence-corrected chi connectivity index (χ2v) is 0. The van der Waals surface area contributed by atoms with Crippen LogP contribution in [0.15, 0.2) is 0 Å². The third kappa shape index (κ3) is 725. The first-order valence-corrected chi connectivity index (χ1v) is 1.55. The van der Waals surface area contributed by atoms with E-state index < -0.39 is 0 Å². The fourth-order valence-electron chi connectivity index (χ4n) is 0. The first-order chi connectivity index (χ1) is 6.00.